The zero-order valence-corrected chi connectivity index (χ0v) is 18.3. The van der Waals surface area contributed by atoms with E-state index in [2.05, 4.69) is 54.3 Å². The fraction of sp³-hybridized carbons (Fsp3) is 0.720. The van der Waals surface area contributed by atoms with E-state index in [0.29, 0.717) is 0 Å². The molecular formula is C25H43N2+. The molecule has 0 amide bonds. The number of aryl methyl sites for hydroxylation is 2. The smallest absolute Gasteiger partial charge is 0.230 e. The van der Waals surface area contributed by atoms with Gasteiger partial charge in [-0.1, -0.05) is 96.1 Å². The Morgan fingerprint density at radius 2 is 1.19 bits per heavy atom. The van der Waals surface area contributed by atoms with Gasteiger partial charge in [0.25, 0.3) is 5.82 Å². The third-order valence-electron chi connectivity index (χ3n) is 6.15. The molecule has 1 heterocycles. The third kappa shape index (κ3) is 7.31. The Hall–Kier alpha value is -1.31. The Kier molecular flexibility index (Phi) is 10.6. The molecule has 0 atom stereocenters. The minimum atomic E-state index is 1.16. The molecule has 0 radical (unpaired) electrons. The van der Waals surface area contributed by atoms with E-state index in [-0.39, 0.29) is 0 Å². The summed E-state index contributed by atoms with van der Waals surface area (Å²) >= 11 is 0. The molecule has 2 rings (SSSR count). The molecule has 0 aliphatic carbocycles. The lowest BCUT2D eigenvalue weighted by molar-refractivity contribution is -0.652. The van der Waals surface area contributed by atoms with Crippen LogP contribution in [0.4, 0.5) is 0 Å². The Morgan fingerprint density at radius 1 is 0.704 bits per heavy atom. The van der Waals surface area contributed by atoms with Gasteiger partial charge in [0.15, 0.2) is 11.0 Å². The minimum Gasteiger partial charge on any atom is -0.230 e. The minimum absolute atomic E-state index is 1.16. The van der Waals surface area contributed by atoms with Gasteiger partial charge in [0.1, 0.15) is 0 Å². The van der Waals surface area contributed by atoms with Crippen molar-refractivity contribution in [2.24, 2.45) is 7.05 Å². The molecule has 0 bridgehead atoms. The topological polar surface area (TPSA) is 8.81 Å². The summed E-state index contributed by atoms with van der Waals surface area (Å²) in [5.41, 5.74) is 2.73. The molecule has 0 aliphatic rings. The van der Waals surface area contributed by atoms with E-state index in [1.54, 1.807) is 0 Å². The van der Waals surface area contributed by atoms with Crippen LogP contribution in [0.3, 0.4) is 0 Å². The van der Waals surface area contributed by atoms with E-state index in [0.717, 1.165) is 6.54 Å². The summed E-state index contributed by atoms with van der Waals surface area (Å²) < 4.78 is 4.81. The third-order valence-corrected chi connectivity index (χ3v) is 6.15. The van der Waals surface area contributed by atoms with Crippen LogP contribution in [0.2, 0.25) is 0 Å². The van der Waals surface area contributed by atoms with E-state index >= 15 is 0 Å². The van der Waals surface area contributed by atoms with Crippen molar-refractivity contribution in [1.82, 2.24) is 4.57 Å². The van der Waals surface area contributed by atoms with Crippen LogP contribution in [-0.2, 0) is 13.6 Å². The van der Waals surface area contributed by atoms with Gasteiger partial charge in [-0.05, 0) is 25.0 Å². The molecule has 0 saturated heterocycles. The molecular weight excluding hydrogens is 328 g/mol. The Morgan fingerprint density at radius 3 is 1.74 bits per heavy atom. The first-order chi connectivity index (χ1) is 13.3. The average Bonchev–Trinajstić information content (AvgIpc) is 2.93. The number of unbranched alkanes of at least 4 members (excludes halogenated alkanes) is 13. The van der Waals surface area contributed by atoms with Crippen LogP contribution in [0.5, 0.6) is 0 Å². The molecule has 0 fully saturated rings. The highest BCUT2D eigenvalue weighted by atomic mass is 15.1. The van der Waals surface area contributed by atoms with E-state index in [1.807, 2.05) is 0 Å². The Balaban J connectivity index is 1.48. The van der Waals surface area contributed by atoms with Gasteiger partial charge in [0, 0.05) is 6.92 Å². The number of rotatable bonds is 15. The van der Waals surface area contributed by atoms with Gasteiger partial charge in [-0.15, -0.1) is 0 Å². The van der Waals surface area contributed by atoms with E-state index in [1.165, 1.54) is 107 Å². The second-order valence-electron chi connectivity index (χ2n) is 8.34. The number of hydrogen-bond acceptors (Lipinski definition) is 0. The fourth-order valence-corrected chi connectivity index (χ4v) is 4.25. The van der Waals surface area contributed by atoms with Gasteiger partial charge in [-0.25, -0.2) is 9.13 Å². The molecule has 152 valence electrons. The first kappa shape index (κ1) is 22.0. The number of hydrogen-bond donors (Lipinski definition) is 0. The first-order valence-corrected chi connectivity index (χ1v) is 11.7. The maximum absolute atomic E-state index is 2.50. The monoisotopic (exact) mass is 371 g/mol. The van der Waals surface area contributed by atoms with E-state index in [4.69, 9.17) is 0 Å². The second kappa shape index (κ2) is 13.0. The molecule has 0 aliphatic heterocycles. The molecule has 1 aromatic heterocycles. The SMILES string of the molecule is CCCCCCCCCCCCCCCCn1c(C)[n+](C)c2ccccc21. The lowest BCUT2D eigenvalue weighted by atomic mass is 10.0. The summed E-state index contributed by atoms with van der Waals surface area (Å²) in [4.78, 5) is 0. The number of benzene rings is 1. The fourth-order valence-electron chi connectivity index (χ4n) is 4.25. The normalized spacial score (nSPS) is 11.5. The van der Waals surface area contributed by atoms with Crippen LogP contribution in [0.1, 0.15) is 103 Å². The summed E-state index contributed by atoms with van der Waals surface area (Å²) in [7, 11) is 2.18. The number of nitrogens with zero attached hydrogens (tertiary/aromatic N) is 2. The summed E-state index contributed by atoms with van der Waals surface area (Å²) in [6, 6.07) is 8.78. The highest BCUT2D eigenvalue weighted by molar-refractivity contribution is 5.72. The van der Waals surface area contributed by atoms with Crippen molar-refractivity contribution < 1.29 is 4.57 Å². The molecule has 0 N–H and O–H groups in total. The average molecular weight is 372 g/mol. The van der Waals surface area contributed by atoms with Gasteiger partial charge < -0.3 is 0 Å². The molecule has 1 aromatic carbocycles. The van der Waals surface area contributed by atoms with Gasteiger partial charge in [-0.3, -0.25) is 0 Å². The van der Waals surface area contributed by atoms with Crippen molar-refractivity contribution in [3.8, 4) is 0 Å². The number of imidazole rings is 1. The van der Waals surface area contributed by atoms with Gasteiger partial charge in [-0.2, -0.15) is 0 Å². The Bertz CT molecular complexity index is 641. The predicted octanol–water partition coefficient (Wildman–Crippen LogP) is 7.26. The molecule has 0 saturated carbocycles. The van der Waals surface area contributed by atoms with Crippen LogP contribution in [0, 0.1) is 6.92 Å². The zero-order valence-electron chi connectivity index (χ0n) is 18.3. The van der Waals surface area contributed by atoms with Gasteiger partial charge in [0.2, 0.25) is 0 Å². The van der Waals surface area contributed by atoms with E-state index in [9.17, 15) is 0 Å². The highest BCUT2D eigenvalue weighted by Crippen LogP contribution is 2.16. The molecule has 27 heavy (non-hydrogen) atoms. The summed E-state index contributed by atoms with van der Waals surface area (Å²) in [6.45, 7) is 5.69. The lowest BCUT2D eigenvalue weighted by Crippen LogP contribution is -2.30. The van der Waals surface area contributed by atoms with Crippen molar-refractivity contribution in [3.05, 3.63) is 30.1 Å². The van der Waals surface area contributed by atoms with Crippen molar-refractivity contribution in [1.29, 1.82) is 0 Å². The molecule has 2 nitrogen and oxygen atoms in total. The second-order valence-corrected chi connectivity index (χ2v) is 8.34. The standard InChI is InChI=1S/C25H43N2/c1-4-5-6-7-8-9-10-11-12-13-14-15-16-19-22-27-23(2)26(3)24-20-17-18-21-25(24)27/h17-18,20-21H,4-16,19,22H2,1-3H3/q+1. The van der Waals surface area contributed by atoms with Crippen LogP contribution in [0.25, 0.3) is 11.0 Å². The molecule has 0 spiro atoms. The van der Waals surface area contributed by atoms with Crippen LogP contribution < -0.4 is 4.57 Å². The molecule has 2 heteroatoms. The van der Waals surface area contributed by atoms with Gasteiger partial charge in [0.05, 0.1) is 13.6 Å². The summed E-state index contributed by atoms with van der Waals surface area (Å²) in [6.07, 6.45) is 19.9. The summed E-state index contributed by atoms with van der Waals surface area (Å²) in [5.74, 6) is 1.37. The van der Waals surface area contributed by atoms with Crippen molar-refractivity contribution in [2.45, 2.75) is 110 Å². The largest absolute Gasteiger partial charge is 0.253 e. The van der Waals surface area contributed by atoms with E-state index < -0.39 is 0 Å². The zero-order chi connectivity index (χ0) is 19.3. The van der Waals surface area contributed by atoms with Crippen molar-refractivity contribution in [3.63, 3.8) is 0 Å². The van der Waals surface area contributed by atoms with Crippen LogP contribution >= 0.6 is 0 Å². The van der Waals surface area contributed by atoms with Crippen LogP contribution in [0.15, 0.2) is 24.3 Å². The maximum Gasteiger partial charge on any atom is 0.253 e. The quantitative estimate of drug-likeness (QED) is 0.230. The summed E-state index contributed by atoms with van der Waals surface area (Å²) in [5, 5.41) is 0. The van der Waals surface area contributed by atoms with Crippen molar-refractivity contribution >= 4 is 11.0 Å². The Labute approximate surface area is 168 Å². The molecule has 2 aromatic rings. The number of para-hydroxylation sites is 2. The highest BCUT2D eigenvalue weighted by Gasteiger charge is 2.17. The lowest BCUT2D eigenvalue weighted by Gasteiger charge is -2.03. The number of fused-ring (bicyclic) bond motifs is 1. The van der Waals surface area contributed by atoms with Gasteiger partial charge >= 0.3 is 0 Å². The maximum atomic E-state index is 2.50. The molecule has 0 unspecified atom stereocenters. The first-order valence-electron chi connectivity index (χ1n) is 11.7. The van der Waals surface area contributed by atoms with Crippen LogP contribution in [-0.4, -0.2) is 4.57 Å². The number of aromatic nitrogens is 2. The van der Waals surface area contributed by atoms with Crippen molar-refractivity contribution in [2.75, 3.05) is 0 Å². The predicted molar refractivity (Wildman–Crippen MR) is 118 cm³/mol.